The van der Waals surface area contributed by atoms with Crippen LogP contribution in [0.4, 0.5) is 0 Å². The molecule has 1 unspecified atom stereocenters. The van der Waals surface area contributed by atoms with E-state index in [1.807, 2.05) is 0 Å². The van der Waals surface area contributed by atoms with Gasteiger partial charge in [-0.3, -0.25) is 14.4 Å². The van der Waals surface area contributed by atoms with Crippen molar-refractivity contribution in [3.63, 3.8) is 0 Å². The number of benzene rings is 1. The van der Waals surface area contributed by atoms with Crippen molar-refractivity contribution in [3.8, 4) is 0 Å². The third-order valence-electron chi connectivity index (χ3n) is 3.41. The predicted octanol–water partition coefficient (Wildman–Crippen LogP) is 1.14. The van der Waals surface area contributed by atoms with E-state index in [0.717, 1.165) is 0 Å². The zero-order valence-corrected chi connectivity index (χ0v) is 12.9. The summed E-state index contributed by atoms with van der Waals surface area (Å²) in [5.74, 6) is -1.58. The topological polar surface area (TPSA) is 108 Å². The molecular formula is C16H18N2O5. The number of hydrogen-bond acceptors (Lipinski definition) is 4. The summed E-state index contributed by atoms with van der Waals surface area (Å²) in [6, 6.07) is 8.11. The van der Waals surface area contributed by atoms with Gasteiger partial charge in [-0.15, -0.1) is 0 Å². The molecule has 0 aliphatic heterocycles. The van der Waals surface area contributed by atoms with Gasteiger partial charge in [0.2, 0.25) is 5.56 Å². The summed E-state index contributed by atoms with van der Waals surface area (Å²) in [7, 11) is 1.43. The molecule has 7 heteroatoms. The average molecular weight is 318 g/mol. The van der Waals surface area contributed by atoms with Crippen molar-refractivity contribution >= 4 is 22.8 Å². The van der Waals surface area contributed by atoms with Gasteiger partial charge in [-0.05, 0) is 13.0 Å². The van der Waals surface area contributed by atoms with Crippen molar-refractivity contribution in [2.75, 3.05) is 13.7 Å². The molecule has 0 aliphatic rings. The van der Waals surface area contributed by atoms with Gasteiger partial charge in [-0.2, -0.15) is 0 Å². The molecule has 0 fully saturated rings. The van der Waals surface area contributed by atoms with Crippen molar-refractivity contribution < 1.29 is 19.4 Å². The number of para-hydroxylation sites is 1. The first-order chi connectivity index (χ1) is 10.8. The molecule has 2 rings (SSSR count). The molecule has 0 spiro atoms. The second-order valence-electron chi connectivity index (χ2n) is 5.61. The summed E-state index contributed by atoms with van der Waals surface area (Å²) >= 11 is 0. The standard InChI is InChI=1S/C16H18N2O5/c1-16(9-23-2,8-14(20)21)18-15(22)11-7-13(19)17-12-6-4-3-5-10(11)12/h3-7H,8-9H2,1-2H3,(H,17,19)(H,18,22)(H,20,21). The molecule has 1 aromatic carbocycles. The van der Waals surface area contributed by atoms with E-state index in [2.05, 4.69) is 10.3 Å². The Kier molecular flexibility index (Phi) is 4.80. The molecule has 2 aromatic rings. The number of ether oxygens (including phenoxy) is 1. The Hall–Kier alpha value is -2.67. The van der Waals surface area contributed by atoms with Crippen LogP contribution in [-0.4, -0.2) is 41.2 Å². The number of aromatic amines is 1. The third kappa shape index (κ3) is 3.95. The number of rotatable bonds is 6. The molecule has 1 heterocycles. The van der Waals surface area contributed by atoms with Crippen LogP contribution < -0.4 is 10.9 Å². The van der Waals surface area contributed by atoms with Gasteiger partial charge in [-0.25, -0.2) is 0 Å². The number of H-pyrrole nitrogens is 1. The molecule has 1 atom stereocenters. The molecule has 23 heavy (non-hydrogen) atoms. The van der Waals surface area contributed by atoms with E-state index in [-0.39, 0.29) is 18.6 Å². The minimum absolute atomic E-state index is 0.0339. The van der Waals surface area contributed by atoms with Gasteiger partial charge in [-0.1, -0.05) is 18.2 Å². The van der Waals surface area contributed by atoms with Crippen LogP contribution in [-0.2, 0) is 9.53 Å². The van der Waals surface area contributed by atoms with Crippen LogP contribution in [0.2, 0.25) is 0 Å². The number of amides is 1. The first kappa shape index (κ1) is 16.7. The molecule has 3 N–H and O–H groups in total. The molecule has 0 aliphatic carbocycles. The van der Waals surface area contributed by atoms with E-state index in [9.17, 15) is 14.4 Å². The Labute approximate surface area is 132 Å². The number of carbonyl (C=O) groups is 2. The van der Waals surface area contributed by atoms with Gasteiger partial charge >= 0.3 is 5.97 Å². The summed E-state index contributed by atoms with van der Waals surface area (Å²) in [4.78, 5) is 38.0. The molecular weight excluding hydrogens is 300 g/mol. The molecule has 122 valence electrons. The van der Waals surface area contributed by atoms with Crippen LogP contribution >= 0.6 is 0 Å². The fourth-order valence-electron chi connectivity index (χ4n) is 2.52. The summed E-state index contributed by atoms with van der Waals surface area (Å²) in [5, 5.41) is 12.3. The molecule has 0 saturated carbocycles. The number of fused-ring (bicyclic) bond motifs is 1. The Balaban J connectivity index is 2.40. The predicted molar refractivity (Wildman–Crippen MR) is 84.6 cm³/mol. The highest BCUT2D eigenvalue weighted by Gasteiger charge is 2.30. The lowest BCUT2D eigenvalue weighted by molar-refractivity contribution is -0.139. The largest absolute Gasteiger partial charge is 0.481 e. The minimum Gasteiger partial charge on any atom is -0.481 e. The van der Waals surface area contributed by atoms with E-state index < -0.39 is 23.0 Å². The zero-order chi connectivity index (χ0) is 17.0. The number of aliphatic carboxylic acids is 1. The number of aromatic nitrogens is 1. The van der Waals surface area contributed by atoms with Crippen LogP contribution in [0.25, 0.3) is 10.9 Å². The number of carbonyl (C=O) groups excluding carboxylic acids is 1. The average Bonchev–Trinajstić information content (AvgIpc) is 2.45. The van der Waals surface area contributed by atoms with Crippen LogP contribution in [0.3, 0.4) is 0 Å². The normalized spacial score (nSPS) is 13.5. The van der Waals surface area contributed by atoms with Crippen molar-refractivity contribution in [1.29, 1.82) is 0 Å². The van der Waals surface area contributed by atoms with E-state index in [1.54, 1.807) is 31.2 Å². The first-order valence-corrected chi connectivity index (χ1v) is 7.00. The van der Waals surface area contributed by atoms with Gasteiger partial charge in [0.05, 0.1) is 24.1 Å². The molecule has 1 amide bonds. The van der Waals surface area contributed by atoms with Crippen LogP contribution in [0.1, 0.15) is 23.7 Å². The molecule has 7 nitrogen and oxygen atoms in total. The first-order valence-electron chi connectivity index (χ1n) is 7.00. The Bertz CT molecular complexity index is 798. The number of hydrogen-bond donors (Lipinski definition) is 3. The van der Waals surface area contributed by atoms with Gasteiger partial charge in [0.15, 0.2) is 0 Å². The van der Waals surface area contributed by atoms with Crippen molar-refractivity contribution in [1.82, 2.24) is 10.3 Å². The second kappa shape index (κ2) is 6.62. The molecule has 0 saturated heterocycles. The lowest BCUT2D eigenvalue weighted by Crippen LogP contribution is -2.51. The maximum absolute atomic E-state index is 12.6. The highest BCUT2D eigenvalue weighted by molar-refractivity contribution is 6.06. The van der Waals surface area contributed by atoms with Crippen LogP contribution in [0.5, 0.6) is 0 Å². The fourth-order valence-corrected chi connectivity index (χ4v) is 2.52. The lowest BCUT2D eigenvalue weighted by atomic mass is 9.97. The number of nitrogens with one attached hydrogen (secondary N) is 2. The monoisotopic (exact) mass is 318 g/mol. The van der Waals surface area contributed by atoms with E-state index in [1.165, 1.54) is 13.2 Å². The van der Waals surface area contributed by atoms with Gasteiger partial charge in [0.25, 0.3) is 5.91 Å². The summed E-state index contributed by atoms with van der Waals surface area (Å²) in [6.45, 7) is 1.62. The van der Waals surface area contributed by atoms with Crippen LogP contribution in [0.15, 0.2) is 35.1 Å². The number of pyridine rings is 1. The lowest BCUT2D eigenvalue weighted by Gasteiger charge is -2.28. The van der Waals surface area contributed by atoms with Crippen molar-refractivity contribution in [2.24, 2.45) is 0 Å². The number of carboxylic acid groups (broad SMARTS) is 1. The Morgan fingerprint density at radius 2 is 2.04 bits per heavy atom. The third-order valence-corrected chi connectivity index (χ3v) is 3.41. The van der Waals surface area contributed by atoms with Gasteiger partial charge < -0.3 is 20.1 Å². The summed E-state index contributed by atoms with van der Waals surface area (Å²) < 4.78 is 5.01. The summed E-state index contributed by atoms with van der Waals surface area (Å²) in [5.41, 5.74) is -0.754. The maximum Gasteiger partial charge on any atom is 0.305 e. The van der Waals surface area contributed by atoms with Gasteiger partial charge in [0, 0.05) is 24.1 Å². The maximum atomic E-state index is 12.6. The molecule has 0 bridgehead atoms. The Morgan fingerprint density at radius 3 is 2.70 bits per heavy atom. The van der Waals surface area contributed by atoms with Crippen LogP contribution in [0, 0.1) is 0 Å². The highest BCUT2D eigenvalue weighted by atomic mass is 16.5. The SMILES string of the molecule is COCC(C)(CC(=O)O)NC(=O)c1cc(=O)[nH]c2ccccc12. The number of carboxylic acids is 1. The van der Waals surface area contributed by atoms with Gasteiger partial charge in [0.1, 0.15) is 0 Å². The van der Waals surface area contributed by atoms with E-state index >= 15 is 0 Å². The number of methoxy groups -OCH3 is 1. The second-order valence-corrected chi connectivity index (χ2v) is 5.61. The quantitative estimate of drug-likeness (QED) is 0.740. The minimum atomic E-state index is -1.08. The smallest absolute Gasteiger partial charge is 0.305 e. The molecule has 1 aromatic heterocycles. The van der Waals surface area contributed by atoms with Crippen molar-refractivity contribution in [3.05, 3.63) is 46.2 Å². The fraction of sp³-hybridized carbons (Fsp3) is 0.312. The Morgan fingerprint density at radius 1 is 1.35 bits per heavy atom. The summed E-state index contributed by atoms with van der Waals surface area (Å²) in [6.07, 6.45) is -0.298. The highest BCUT2D eigenvalue weighted by Crippen LogP contribution is 2.17. The van der Waals surface area contributed by atoms with E-state index in [4.69, 9.17) is 9.84 Å². The van der Waals surface area contributed by atoms with E-state index in [0.29, 0.717) is 10.9 Å². The van der Waals surface area contributed by atoms with Crippen molar-refractivity contribution in [2.45, 2.75) is 18.9 Å². The molecule has 0 radical (unpaired) electrons. The zero-order valence-electron chi connectivity index (χ0n) is 12.9.